The summed E-state index contributed by atoms with van der Waals surface area (Å²) in [6.07, 6.45) is 0. The summed E-state index contributed by atoms with van der Waals surface area (Å²) in [6, 6.07) is 36.2. The summed E-state index contributed by atoms with van der Waals surface area (Å²) in [5.74, 6) is 0. The van der Waals surface area contributed by atoms with Crippen molar-refractivity contribution in [3.63, 3.8) is 0 Å². The predicted molar refractivity (Wildman–Crippen MR) is 176 cm³/mol. The maximum atomic E-state index is 12.7. The van der Waals surface area contributed by atoms with Crippen LogP contribution >= 0.6 is 0 Å². The molecule has 1 heterocycles. The summed E-state index contributed by atoms with van der Waals surface area (Å²) in [7, 11) is -9.42. The van der Waals surface area contributed by atoms with E-state index in [-0.39, 0.29) is 26.8 Å². The van der Waals surface area contributed by atoms with E-state index in [1.54, 1.807) is 66.7 Å². The summed E-state index contributed by atoms with van der Waals surface area (Å²) < 4.78 is 72.9. The molecule has 228 valence electrons. The number of aromatic nitrogens is 2. The van der Waals surface area contributed by atoms with Crippen molar-refractivity contribution < 1.29 is 25.9 Å². The minimum absolute atomic E-state index is 0.121. The molecule has 0 aromatic heterocycles. The summed E-state index contributed by atoms with van der Waals surface area (Å²) in [5, 5.41) is 3.87. The van der Waals surface area contributed by atoms with Gasteiger partial charge in [-0.2, -0.15) is 16.8 Å². The first-order valence-corrected chi connectivity index (χ1v) is 16.8. The third kappa shape index (κ3) is 5.39. The number of benzene rings is 6. The standard InChI is InChI=1S/C34H24N4O6S2/c39-45(40,41)31-18-10-17-25-33(31)28(36-23-13-6-2-7-14-23)20-30-34(25)37-26-21-32(46(42,43)44)27(35-22-11-4-1-5-12-22)19-29(26)38(30)24-15-8-3-9-16-24/h1-21,35H,(H,39,40,41)(H,42,43,44). The van der Waals surface area contributed by atoms with Crippen LogP contribution in [0.1, 0.15) is 0 Å². The molecule has 10 nitrogen and oxygen atoms in total. The van der Waals surface area contributed by atoms with Crippen LogP contribution < -0.4 is 10.7 Å². The molecule has 46 heavy (non-hydrogen) atoms. The first-order valence-electron chi connectivity index (χ1n) is 14.0. The maximum Gasteiger partial charge on any atom is 0.296 e. The van der Waals surface area contributed by atoms with Crippen LogP contribution in [0.25, 0.3) is 38.9 Å². The molecule has 0 unspecified atom stereocenters. The highest BCUT2D eigenvalue weighted by Crippen LogP contribution is 2.38. The summed E-state index contributed by atoms with van der Waals surface area (Å²) in [4.78, 5) is 8.88. The lowest BCUT2D eigenvalue weighted by molar-refractivity contribution is 0.481. The van der Waals surface area contributed by atoms with Crippen LogP contribution in [0.2, 0.25) is 0 Å². The third-order valence-corrected chi connectivity index (χ3v) is 9.26. The molecule has 0 spiro atoms. The Labute approximate surface area is 263 Å². The van der Waals surface area contributed by atoms with Gasteiger partial charge in [0.2, 0.25) is 0 Å². The highest BCUT2D eigenvalue weighted by molar-refractivity contribution is 7.86. The van der Waals surface area contributed by atoms with Crippen LogP contribution in [0.15, 0.2) is 142 Å². The Hall–Kier alpha value is -5.40. The molecule has 1 aliphatic heterocycles. The number of rotatable bonds is 6. The van der Waals surface area contributed by atoms with Crippen molar-refractivity contribution in [2.24, 2.45) is 4.99 Å². The zero-order valence-corrected chi connectivity index (χ0v) is 25.4. The molecule has 12 heteroatoms. The Balaban J connectivity index is 1.69. The van der Waals surface area contributed by atoms with Gasteiger partial charge < -0.3 is 9.88 Å². The molecule has 0 amide bonds. The Morgan fingerprint density at radius 2 is 1.30 bits per heavy atom. The van der Waals surface area contributed by atoms with Crippen LogP contribution in [0, 0.1) is 0 Å². The zero-order valence-electron chi connectivity index (χ0n) is 23.8. The number of nitrogens with zero attached hydrogens (tertiary/aromatic N) is 3. The van der Waals surface area contributed by atoms with E-state index in [1.165, 1.54) is 18.2 Å². The van der Waals surface area contributed by atoms with E-state index in [9.17, 15) is 25.9 Å². The van der Waals surface area contributed by atoms with Gasteiger partial charge in [-0.3, -0.25) is 9.11 Å². The quantitative estimate of drug-likeness (QED) is 0.102. The van der Waals surface area contributed by atoms with Crippen molar-refractivity contribution in [1.29, 1.82) is 0 Å². The highest BCUT2D eigenvalue weighted by Gasteiger charge is 2.25. The second kappa shape index (κ2) is 11.2. The average molecular weight is 649 g/mol. The van der Waals surface area contributed by atoms with Crippen LogP contribution in [-0.4, -0.2) is 35.5 Å². The van der Waals surface area contributed by atoms with Crippen molar-refractivity contribution in [2.45, 2.75) is 9.79 Å². The van der Waals surface area contributed by atoms with Crippen molar-refractivity contribution in [1.82, 2.24) is 9.55 Å². The monoisotopic (exact) mass is 648 g/mol. The van der Waals surface area contributed by atoms with E-state index in [4.69, 9.17) is 9.98 Å². The topological polar surface area (TPSA) is 151 Å². The fraction of sp³-hybridized carbons (Fsp3) is 0. The van der Waals surface area contributed by atoms with Crippen molar-refractivity contribution in [3.05, 3.63) is 133 Å². The number of para-hydroxylation sites is 3. The Kier molecular flexibility index (Phi) is 7.13. The second-order valence-corrected chi connectivity index (χ2v) is 13.2. The second-order valence-electron chi connectivity index (χ2n) is 10.5. The van der Waals surface area contributed by atoms with Crippen molar-refractivity contribution >= 4 is 59.1 Å². The molecular formula is C34H24N4O6S2. The van der Waals surface area contributed by atoms with E-state index in [1.807, 2.05) is 47.0 Å². The first-order chi connectivity index (χ1) is 22.1. The van der Waals surface area contributed by atoms with Crippen molar-refractivity contribution in [2.75, 3.05) is 5.32 Å². The molecule has 2 aliphatic rings. The molecule has 0 bridgehead atoms. The van der Waals surface area contributed by atoms with Crippen molar-refractivity contribution in [3.8, 4) is 17.1 Å². The van der Waals surface area contributed by atoms with Gasteiger partial charge in [0, 0.05) is 22.1 Å². The number of anilines is 2. The molecule has 0 radical (unpaired) electrons. The number of nitrogens with one attached hydrogen (secondary N) is 1. The molecule has 3 N–H and O–H groups in total. The summed E-state index contributed by atoms with van der Waals surface area (Å²) >= 11 is 0. The molecule has 5 aromatic rings. The lowest BCUT2D eigenvalue weighted by Crippen LogP contribution is -2.15. The summed E-state index contributed by atoms with van der Waals surface area (Å²) in [5.41, 5.74) is 3.50. The van der Waals surface area contributed by atoms with Gasteiger partial charge in [-0.05, 0) is 60.7 Å². The van der Waals surface area contributed by atoms with Gasteiger partial charge in [0.15, 0.2) is 0 Å². The molecule has 1 aliphatic carbocycles. The highest BCUT2D eigenvalue weighted by atomic mass is 32.2. The molecule has 0 saturated heterocycles. The van der Waals surface area contributed by atoms with Gasteiger partial charge in [-0.25, -0.2) is 9.98 Å². The molecular weight excluding hydrogens is 625 g/mol. The fourth-order valence-electron chi connectivity index (χ4n) is 5.55. The number of hydrogen-bond acceptors (Lipinski definition) is 7. The minimum Gasteiger partial charge on any atom is -0.354 e. The molecule has 0 saturated carbocycles. The molecule has 0 atom stereocenters. The first kappa shape index (κ1) is 29.3. The Morgan fingerprint density at radius 3 is 1.96 bits per heavy atom. The normalized spacial score (nSPS) is 12.6. The van der Waals surface area contributed by atoms with Gasteiger partial charge in [-0.1, -0.05) is 66.7 Å². The SMILES string of the molecule is O=S(=O)(O)c1cc2nc3c4cccc(S(=O)(=O)O)c4c(=Nc4ccccc4)cc-3n(-c3ccccc3)c2cc1Nc1ccccc1. The minimum atomic E-state index is -4.72. The lowest BCUT2D eigenvalue weighted by Gasteiger charge is -2.22. The van der Waals surface area contributed by atoms with Crippen LogP contribution in [0.5, 0.6) is 0 Å². The maximum absolute atomic E-state index is 12.7. The molecule has 7 rings (SSSR count). The summed E-state index contributed by atoms with van der Waals surface area (Å²) in [6.45, 7) is 0. The lowest BCUT2D eigenvalue weighted by atomic mass is 10.0. The Bertz CT molecular complexity index is 2540. The van der Waals surface area contributed by atoms with Crippen LogP contribution in [-0.2, 0) is 20.2 Å². The van der Waals surface area contributed by atoms with Crippen LogP contribution in [0.3, 0.4) is 0 Å². The number of hydrogen-bond donors (Lipinski definition) is 3. The van der Waals surface area contributed by atoms with E-state index < -0.39 is 25.1 Å². The third-order valence-electron chi connectivity index (χ3n) is 7.47. The average Bonchev–Trinajstić information content (AvgIpc) is 3.04. The van der Waals surface area contributed by atoms with E-state index >= 15 is 0 Å². The molecule has 0 fully saturated rings. The van der Waals surface area contributed by atoms with E-state index in [0.717, 1.165) is 0 Å². The predicted octanol–water partition coefficient (Wildman–Crippen LogP) is 6.75. The van der Waals surface area contributed by atoms with Gasteiger partial charge in [-0.15, -0.1) is 0 Å². The van der Waals surface area contributed by atoms with E-state index in [2.05, 4.69) is 5.32 Å². The van der Waals surface area contributed by atoms with E-state index in [0.29, 0.717) is 39.4 Å². The van der Waals surface area contributed by atoms with Crippen LogP contribution in [0.4, 0.5) is 17.1 Å². The van der Waals surface area contributed by atoms with Gasteiger partial charge in [0.25, 0.3) is 20.2 Å². The van der Waals surface area contributed by atoms with Gasteiger partial charge >= 0.3 is 0 Å². The molecule has 5 aromatic carbocycles. The fourth-order valence-corrected chi connectivity index (χ4v) is 6.92. The largest absolute Gasteiger partial charge is 0.354 e. The zero-order chi connectivity index (χ0) is 32.1. The Morgan fingerprint density at radius 1 is 0.674 bits per heavy atom. The smallest absolute Gasteiger partial charge is 0.296 e. The van der Waals surface area contributed by atoms with Gasteiger partial charge in [0.1, 0.15) is 9.79 Å². The number of fused-ring (bicyclic) bond motifs is 4. The van der Waals surface area contributed by atoms with Gasteiger partial charge in [0.05, 0.1) is 39.2 Å².